The molecule has 1 amide bonds. The molecule has 0 unspecified atom stereocenters. The van der Waals surface area contributed by atoms with Crippen molar-refractivity contribution in [1.29, 1.82) is 0 Å². The van der Waals surface area contributed by atoms with Gasteiger partial charge < -0.3 is 9.64 Å². The molecule has 0 atom stereocenters. The van der Waals surface area contributed by atoms with Gasteiger partial charge in [0.15, 0.2) is 0 Å². The van der Waals surface area contributed by atoms with E-state index in [1.54, 1.807) is 24.9 Å². The number of rotatable bonds is 7. The van der Waals surface area contributed by atoms with Gasteiger partial charge in [-0.2, -0.15) is 5.10 Å². The molecule has 0 fully saturated rings. The lowest BCUT2D eigenvalue weighted by atomic mass is 10.0. The molecule has 0 aliphatic carbocycles. The first-order valence-corrected chi connectivity index (χ1v) is 9.69. The Hall–Kier alpha value is -3.41. The third kappa shape index (κ3) is 4.71. The number of aromatic nitrogens is 2. The van der Waals surface area contributed by atoms with Crippen LogP contribution in [0.2, 0.25) is 0 Å². The Morgan fingerprint density at radius 2 is 1.72 bits per heavy atom. The largest absolute Gasteiger partial charge is 0.465 e. The van der Waals surface area contributed by atoms with E-state index in [1.165, 1.54) is 10.5 Å². The number of carbonyl (C=O) groups excluding carboxylic acids is 2. The third-order valence-corrected chi connectivity index (χ3v) is 4.62. The summed E-state index contributed by atoms with van der Waals surface area (Å²) in [6.07, 6.45) is 2.65. The van der Waals surface area contributed by atoms with Crippen LogP contribution >= 0.6 is 0 Å². The summed E-state index contributed by atoms with van der Waals surface area (Å²) in [6, 6.07) is 17.6. The predicted octanol–water partition coefficient (Wildman–Crippen LogP) is 3.74. The minimum atomic E-state index is -0.437. The van der Waals surface area contributed by atoms with Crippen LogP contribution in [0.1, 0.15) is 29.8 Å². The summed E-state index contributed by atoms with van der Waals surface area (Å²) in [7, 11) is 1.59. The minimum Gasteiger partial charge on any atom is -0.465 e. The maximum atomic E-state index is 13.1. The number of aryl methyl sites for hydroxylation is 1. The fourth-order valence-corrected chi connectivity index (χ4v) is 3.03. The smallest absolute Gasteiger partial charge is 0.325 e. The Morgan fingerprint density at radius 3 is 2.34 bits per heavy atom. The molecule has 0 N–H and O–H groups in total. The van der Waals surface area contributed by atoms with Crippen molar-refractivity contribution in [1.82, 2.24) is 14.7 Å². The number of benzene rings is 2. The van der Waals surface area contributed by atoms with Crippen molar-refractivity contribution < 1.29 is 14.3 Å². The first-order valence-electron chi connectivity index (χ1n) is 9.69. The van der Waals surface area contributed by atoms with Crippen LogP contribution in [0.25, 0.3) is 16.9 Å². The highest BCUT2D eigenvalue weighted by Crippen LogP contribution is 2.25. The Morgan fingerprint density at radius 1 is 1.03 bits per heavy atom. The van der Waals surface area contributed by atoms with Crippen molar-refractivity contribution in [2.75, 3.05) is 20.2 Å². The topological polar surface area (TPSA) is 64.4 Å². The van der Waals surface area contributed by atoms with Gasteiger partial charge in [0.25, 0.3) is 5.91 Å². The Labute approximate surface area is 170 Å². The van der Waals surface area contributed by atoms with E-state index in [4.69, 9.17) is 4.74 Å². The van der Waals surface area contributed by atoms with Crippen LogP contribution in [-0.4, -0.2) is 46.8 Å². The fourth-order valence-electron chi connectivity index (χ4n) is 3.03. The molecule has 1 aromatic heterocycles. The van der Waals surface area contributed by atoms with Crippen LogP contribution in [0.4, 0.5) is 0 Å². The molecule has 3 aromatic rings. The molecule has 0 aliphatic heterocycles. The van der Waals surface area contributed by atoms with Crippen LogP contribution in [0.3, 0.4) is 0 Å². The molecule has 6 heteroatoms. The van der Waals surface area contributed by atoms with Crippen LogP contribution in [0.5, 0.6) is 0 Å². The van der Waals surface area contributed by atoms with E-state index in [1.807, 2.05) is 54.6 Å². The number of carbonyl (C=O) groups is 2. The fraction of sp³-hybridized carbons (Fsp3) is 0.261. The van der Waals surface area contributed by atoms with Crippen molar-refractivity contribution >= 4 is 11.9 Å². The summed E-state index contributed by atoms with van der Waals surface area (Å²) in [5.74, 6) is -0.720. The van der Waals surface area contributed by atoms with Crippen molar-refractivity contribution in [3.05, 3.63) is 71.9 Å². The lowest BCUT2D eigenvalue weighted by molar-refractivity contribution is -0.143. The van der Waals surface area contributed by atoms with E-state index in [0.29, 0.717) is 11.3 Å². The molecule has 2 aromatic carbocycles. The molecule has 6 nitrogen and oxygen atoms in total. The molecular formula is C23H25N3O3. The molecule has 150 valence electrons. The zero-order valence-electron chi connectivity index (χ0n) is 17.0. The second-order valence-corrected chi connectivity index (χ2v) is 6.69. The van der Waals surface area contributed by atoms with Gasteiger partial charge in [-0.15, -0.1) is 0 Å². The first kappa shape index (κ1) is 20.3. The number of nitrogens with zero attached hydrogens (tertiary/aromatic N) is 3. The number of esters is 1. The maximum Gasteiger partial charge on any atom is 0.325 e. The second-order valence-electron chi connectivity index (χ2n) is 6.69. The molecule has 3 rings (SSSR count). The SMILES string of the molecule is CCOC(=O)CN(C)C(=O)c1cn(-c2ccccc2)nc1-c1ccc(CC)cc1. The lowest BCUT2D eigenvalue weighted by Crippen LogP contribution is -2.33. The summed E-state index contributed by atoms with van der Waals surface area (Å²) in [5.41, 5.74) is 3.93. The van der Waals surface area contributed by atoms with Crippen LogP contribution in [-0.2, 0) is 16.0 Å². The number of hydrogen-bond donors (Lipinski definition) is 0. The standard InChI is InChI=1S/C23H25N3O3/c1-4-17-11-13-18(14-12-17)22-20(23(28)25(3)16-21(27)29-5-2)15-26(24-22)19-9-7-6-8-10-19/h6-15H,4-5,16H2,1-3H3. The summed E-state index contributed by atoms with van der Waals surface area (Å²) < 4.78 is 6.65. The number of amides is 1. The average molecular weight is 391 g/mol. The van der Waals surface area contributed by atoms with Gasteiger partial charge in [0.1, 0.15) is 12.2 Å². The molecule has 0 aliphatic rings. The molecule has 29 heavy (non-hydrogen) atoms. The van der Waals surface area contributed by atoms with E-state index in [0.717, 1.165) is 17.7 Å². The van der Waals surface area contributed by atoms with E-state index in [2.05, 4.69) is 12.0 Å². The minimum absolute atomic E-state index is 0.114. The Balaban J connectivity index is 2.00. The van der Waals surface area contributed by atoms with Gasteiger partial charge in [0.2, 0.25) is 0 Å². The van der Waals surface area contributed by atoms with Gasteiger partial charge in [-0.05, 0) is 31.0 Å². The lowest BCUT2D eigenvalue weighted by Gasteiger charge is -2.16. The predicted molar refractivity (Wildman–Crippen MR) is 112 cm³/mol. The summed E-state index contributed by atoms with van der Waals surface area (Å²) >= 11 is 0. The van der Waals surface area contributed by atoms with E-state index in [-0.39, 0.29) is 19.1 Å². The molecule has 0 saturated heterocycles. The highest BCUT2D eigenvalue weighted by atomic mass is 16.5. The van der Waals surface area contributed by atoms with Gasteiger partial charge >= 0.3 is 5.97 Å². The van der Waals surface area contributed by atoms with Gasteiger partial charge in [-0.25, -0.2) is 4.68 Å². The highest BCUT2D eigenvalue weighted by Gasteiger charge is 2.23. The Bertz CT molecular complexity index is 978. The Kier molecular flexibility index (Phi) is 6.44. The van der Waals surface area contributed by atoms with Crippen LogP contribution in [0.15, 0.2) is 60.8 Å². The van der Waals surface area contributed by atoms with E-state index in [9.17, 15) is 9.59 Å². The number of hydrogen-bond acceptors (Lipinski definition) is 4. The number of para-hydroxylation sites is 1. The van der Waals surface area contributed by atoms with E-state index < -0.39 is 5.97 Å². The zero-order valence-corrected chi connectivity index (χ0v) is 17.0. The van der Waals surface area contributed by atoms with Crippen LogP contribution in [0, 0.1) is 0 Å². The summed E-state index contributed by atoms with van der Waals surface area (Å²) in [4.78, 5) is 26.3. The monoisotopic (exact) mass is 391 g/mol. The number of ether oxygens (including phenoxy) is 1. The molecule has 1 heterocycles. The normalized spacial score (nSPS) is 10.6. The van der Waals surface area contributed by atoms with Crippen molar-refractivity contribution in [3.8, 4) is 16.9 Å². The summed E-state index contributed by atoms with van der Waals surface area (Å²) in [6.45, 7) is 4.00. The molecule has 0 bridgehead atoms. The molecule has 0 spiro atoms. The van der Waals surface area contributed by atoms with Gasteiger partial charge in [-0.3, -0.25) is 9.59 Å². The highest BCUT2D eigenvalue weighted by molar-refractivity contribution is 6.01. The maximum absolute atomic E-state index is 13.1. The van der Waals surface area contributed by atoms with Crippen LogP contribution < -0.4 is 0 Å². The molecular weight excluding hydrogens is 366 g/mol. The second kappa shape index (κ2) is 9.19. The van der Waals surface area contributed by atoms with E-state index >= 15 is 0 Å². The summed E-state index contributed by atoms with van der Waals surface area (Å²) in [5, 5.41) is 4.68. The number of likely N-dealkylation sites (N-methyl/N-ethyl adjacent to an activating group) is 1. The third-order valence-electron chi connectivity index (χ3n) is 4.62. The van der Waals surface area contributed by atoms with Crippen molar-refractivity contribution in [2.24, 2.45) is 0 Å². The first-order chi connectivity index (χ1) is 14.0. The molecule has 0 saturated carbocycles. The zero-order chi connectivity index (χ0) is 20.8. The van der Waals surface area contributed by atoms with Gasteiger partial charge in [0, 0.05) is 18.8 Å². The molecule has 0 radical (unpaired) electrons. The van der Waals surface area contributed by atoms with Gasteiger partial charge in [-0.1, -0.05) is 49.4 Å². The van der Waals surface area contributed by atoms with Crippen molar-refractivity contribution in [3.63, 3.8) is 0 Å². The van der Waals surface area contributed by atoms with Crippen molar-refractivity contribution in [2.45, 2.75) is 20.3 Å². The average Bonchev–Trinajstić information content (AvgIpc) is 3.19. The van der Waals surface area contributed by atoms with Gasteiger partial charge in [0.05, 0.1) is 17.9 Å². The quantitative estimate of drug-likeness (QED) is 0.576.